The molecule has 0 rings (SSSR count). The predicted octanol–water partition coefficient (Wildman–Crippen LogP) is 2.05. The zero-order valence-corrected chi connectivity index (χ0v) is 7.21. The monoisotopic (exact) mass is 173 g/mol. The molecule has 0 unspecified atom stereocenters. The Morgan fingerprint density at radius 1 is 1.30 bits per heavy atom. The lowest BCUT2D eigenvalue weighted by atomic mass is 10.0. The maximum absolute atomic E-state index is 12.2. The van der Waals surface area contributed by atoms with Gasteiger partial charge in [-0.1, -0.05) is 13.8 Å². The molecular weight excluding hydrogens is 160 g/mol. The molecule has 0 bridgehead atoms. The Morgan fingerprint density at radius 2 is 1.60 bits per heavy atom. The first-order valence-electron chi connectivity index (χ1n) is 2.99. The summed E-state index contributed by atoms with van der Waals surface area (Å²) in [6, 6.07) is -1.02. The number of hydrogen-bond acceptors (Lipinski definition) is 1. The lowest BCUT2D eigenvalue weighted by Crippen LogP contribution is -2.42. The topological polar surface area (TPSA) is 26.0 Å². The fraction of sp³-hybridized carbons (Fsp3) is 1.00. The molecule has 2 N–H and O–H groups in total. The third kappa shape index (κ3) is 4.01. The molecule has 1 atom stereocenters. The number of rotatable bonds is 2. The van der Waals surface area contributed by atoms with Crippen LogP contribution >= 0.6 is 12.4 Å². The highest BCUT2D eigenvalue weighted by Gasteiger charge is 2.32. The lowest BCUT2D eigenvalue weighted by molar-refractivity contribution is -0.0194. The third-order valence-corrected chi connectivity index (χ3v) is 1.30. The molecule has 0 radical (unpaired) electrons. The van der Waals surface area contributed by atoms with Gasteiger partial charge in [0.05, 0.1) is 6.04 Å². The van der Waals surface area contributed by atoms with Crippen molar-refractivity contribution in [2.24, 2.45) is 11.7 Å². The summed E-state index contributed by atoms with van der Waals surface area (Å²) in [4.78, 5) is 0. The van der Waals surface area contributed by atoms with E-state index in [1.807, 2.05) is 0 Å². The third-order valence-electron chi connectivity index (χ3n) is 1.30. The minimum Gasteiger partial charge on any atom is -0.322 e. The standard InChI is InChI=1S/C6H13F2N.ClH/c1-4(2)5(9)6(3,7)8;/h4-5H,9H2,1-3H3;1H/t5-;/m0./s1. The molecule has 0 aromatic carbocycles. The molecule has 0 saturated heterocycles. The maximum atomic E-state index is 12.2. The van der Waals surface area contributed by atoms with Crippen molar-refractivity contribution in [3.8, 4) is 0 Å². The van der Waals surface area contributed by atoms with Gasteiger partial charge in [0.15, 0.2) is 0 Å². The van der Waals surface area contributed by atoms with Crippen LogP contribution in [-0.4, -0.2) is 12.0 Å². The molecule has 64 valence electrons. The van der Waals surface area contributed by atoms with E-state index >= 15 is 0 Å². The Bertz CT molecular complexity index is 90.2. The van der Waals surface area contributed by atoms with E-state index in [4.69, 9.17) is 5.73 Å². The fourth-order valence-corrected chi connectivity index (χ4v) is 0.585. The minimum absolute atomic E-state index is 0. The van der Waals surface area contributed by atoms with Crippen LogP contribution in [0.5, 0.6) is 0 Å². The fourth-order valence-electron chi connectivity index (χ4n) is 0.585. The summed E-state index contributed by atoms with van der Waals surface area (Å²) in [7, 11) is 0. The Hall–Kier alpha value is 0.110. The predicted molar refractivity (Wildman–Crippen MR) is 40.7 cm³/mol. The Kier molecular flexibility index (Phi) is 5.21. The average molecular weight is 174 g/mol. The van der Waals surface area contributed by atoms with Gasteiger partial charge in [0.25, 0.3) is 5.92 Å². The zero-order valence-electron chi connectivity index (χ0n) is 6.40. The Morgan fingerprint density at radius 3 is 1.60 bits per heavy atom. The molecule has 0 fully saturated rings. The molecule has 0 heterocycles. The molecule has 0 aliphatic carbocycles. The number of hydrogen-bond donors (Lipinski definition) is 1. The van der Waals surface area contributed by atoms with E-state index in [2.05, 4.69) is 0 Å². The van der Waals surface area contributed by atoms with Crippen LogP contribution in [0.2, 0.25) is 0 Å². The van der Waals surface area contributed by atoms with E-state index in [0.29, 0.717) is 0 Å². The highest BCUT2D eigenvalue weighted by molar-refractivity contribution is 5.85. The van der Waals surface area contributed by atoms with Crippen molar-refractivity contribution in [2.45, 2.75) is 32.7 Å². The highest BCUT2D eigenvalue weighted by Crippen LogP contribution is 2.20. The van der Waals surface area contributed by atoms with E-state index < -0.39 is 12.0 Å². The smallest absolute Gasteiger partial charge is 0.260 e. The van der Waals surface area contributed by atoms with Gasteiger partial charge in [-0.15, -0.1) is 12.4 Å². The van der Waals surface area contributed by atoms with Crippen LogP contribution in [0.4, 0.5) is 8.78 Å². The molecular formula is C6H14ClF2N. The van der Waals surface area contributed by atoms with Crippen molar-refractivity contribution in [1.82, 2.24) is 0 Å². The van der Waals surface area contributed by atoms with E-state index in [0.717, 1.165) is 6.92 Å². The summed E-state index contributed by atoms with van der Waals surface area (Å²) in [6.07, 6.45) is 0. The van der Waals surface area contributed by atoms with Crippen molar-refractivity contribution >= 4 is 12.4 Å². The van der Waals surface area contributed by atoms with Gasteiger partial charge in [0, 0.05) is 6.92 Å². The van der Waals surface area contributed by atoms with Crippen molar-refractivity contribution < 1.29 is 8.78 Å². The summed E-state index contributed by atoms with van der Waals surface area (Å²) >= 11 is 0. The van der Waals surface area contributed by atoms with Crippen LogP contribution in [0.3, 0.4) is 0 Å². The minimum atomic E-state index is -2.74. The molecule has 0 aromatic rings. The number of halogens is 3. The van der Waals surface area contributed by atoms with Gasteiger partial charge in [-0.05, 0) is 5.92 Å². The normalized spacial score (nSPS) is 14.7. The second-order valence-corrected chi connectivity index (χ2v) is 2.73. The van der Waals surface area contributed by atoms with Gasteiger partial charge in [0.2, 0.25) is 0 Å². The van der Waals surface area contributed by atoms with Gasteiger partial charge in [-0.3, -0.25) is 0 Å². The molecule has 0 amide bonds. The van der Waals surface area contributed by atoms with Crippen LogP contribution in [-0.2, 0) is 0 Å². The second kappa shape index (κ2) is 4.09. The van der Waals surface area contributed by atoms with Gasteiger partial charge in [0.1, 0.15) is 0 Å². The molecule has 0 aliphatic heterocycles. The van der Waals surface area contributed by atoms with Gasteiger partial charge >= 0.3 is 0 Å². The molecule has 1 nitrogen and oxygen atoms in total. The number of alkyl halides is 2. The van der Waals surface area contributed by atoms with Crippen LogP contribution in [0.1, 0.15) is 20.8 Å². The summed E-state index contributed by atoms with van der Waals surface area (Å²) < 4.78 is 24.5. The van der Waals surface area contributed by atoms with Gasteiger partial charge in [-0.2, -0.15) is 0 Å². The summed E-state index contributed by atoms with van der Waals surface area (Å²) in [5.74, 6) is -2.90. The second-order valence-electron chi connectivity index (χ2n) is 2.73. The van der Waals surface area contributed by atoms with Crippen molar-refractivity contribution in [3.05, 3.63) is 0 Å². The summed E-state index contributed by atoms with van der Waals surface area (Å²) in [6.45, 7) is 4.21. The number of nitrogens with two attached hydrogens (primary N) is 1. The van der Waals surface area contributed by atoms with Crippen LogP contribution < -0.4 is 5.73 Å². The Labute approximate surface area is 66.4 Å². The van der Waals surface area contributed by atoms with Crippen molar-refractivity contribution in [1.29, 1.82) is 0 Å². The maximum Gasteiger partial charge on any atom is 0.260 e. The van der Waals surface area contributed by atoms with Gasteiger partial charge < -0.3 is 5.73 Å². The quantitative estimate of drug-likeness (QED) is 0.680. The van der Waals surface area contributed by atoms with E-state index in [9.17, 15) is 8.78 Å². The molecule has 0 spiro atoms. The first-order chi connectivity index (χ1) is 3.85. The molecule has 0 aromatic heterocycles. The summed E-state index contributed by atoms with van der Waals surface area (Å²) in [5.41, 5.74) is 5.14. The van der Waals surface area contributed by atoms with E-state index in [1.54, 1.807) is 13.8 Å². The first kappa shape index (κ1) is 12.8. The van der Waals surface area contributed by atoms with E-state index in [-0.39, 0.29) is 18.3 Å². The lowest BCUT2D eigenvalue weighted by Gasteiger charge is -2.22. The SMILES string of the molecule is CC(C)[C@H](N)C(C)(F)F.Cl. The zero-order chi connectivity index (χ0) is 7.65. The summed E-state index contributed by atoms with van der Waals surface area (Å²) in [5, 5.41) is 0. The van der Waals surface area contributed by atoms with Crippen molar-refractivity contribution in [3.63, 3.8) is 0 Å². The van der Waals surface area contributed by atoms with Crippen LogP contribution in [0, 0.1) is 5.92 Å². The first-order valence-corrected chi connectivity index (χ1v) is 2.99. The Balaban J connectivity index is 0. The van der Waals surface area contributed by atoms with E-state index in [1.165, 1.54) is 0 Å². The van der Waals surface area contributed by atoms with Crippen LogP contribution in [0.15, 0.2) is 0 Å². The molecule has 4 heteroatoms. The highest BCUT2D eigenvalue weighted by atomic mass is 35.5. The molecule has 10 heavy (non-hydrogen) atoms. The molecule has 0 aliphatic rings. The largest absolute Gasteiger partial charge is 0.322 e. The van der Waals surface area contributed by atoms with Crippen LogP contribution in [0.25, 0.3) is 0 Å². The average Bonchev–Trinajstić information content (AvgIpc) is 1.62. The van der Waals surface area contributed by atoms with Gasteiger partial charge in [-0.25, -0.2) is 8.78 Å². The van der Waals surface area contributed by atoms with Crippen molar-refractivity contribution in [2.75, 3.05) is 0 Å². The molecule has 0 saturated carbocycles.